The topological polar surface area (TPSA) is 66.5 Å². The first kappa shape index (κ1) is 22.3. The van der Waals surface area contributed by atoms with Crippen molar-refractivity contribution < 1.29 is 14.4 Å². The Hall–Kier alpha value is -3.15. The molecule has 0 aromatic heterocycles. The van der Waals surface area contributed by atoms with Gasteiger partial charge in [0.15, 0.2) is 0 Å². The highest BCUT2D eigenvalue weighted by molar-refractivity contribution is 6.36. The molecule has 5 nitrogen and oxygen atoms in total. The molecule has 35 heavy (non-hydrogen) atoms. The first-order chi connectivity index (χ1) is 16.8. The van der Waals surface area contributed by atoms with Crippen LogP contribution in [0, 0.1) is 11.8 Å². The fraction of sp³-hybridized carbons (Fsp3) is 0.250. The van der Waals surface area contributed by atoms with Gasteiger partial charge in [-0.1, -0.05) is 73.7 Å². The van der Waals surface area contributed by atoms with E-state index in [2.05, 4.69) is 5.32 Å². The lowest BCUT2D eigenvalue weighted by molar-refractivity contribution is -0.142. The number of nitrogens with one attached hydrogen (secondary N) is 1. The zero-order valence-electron chi connectivity index (χ0n) is 18.9. The van der Waals surface area contributed by atoms with Gasteiger partial charge < -0.3 is 5.32 Å². The Balaban J connectivity index is 1.41. The third-order valence-electron chi connectivity index (χ3n) is 7.65. The van der Waals surface area contributed by atoms with Gasteiger partial charge in [-0.15, -0.1) is 23.2 Å². The maximum atomic E-state index is 13.8. The van der Waals surface area contributed by atoms with Crippen LogP contribution >= 0.6 is 23.2 Å². The second-order valence-electron chi connectivity index (χ2n) is 9.29. The van der Waals surface area contributed by atoms with Gasteiger partial charge in [0, 0.05) is 5.69 Å². The largest absolute Gasteiger partial charge is 0.324 e. The van der Waals surface area contributed by atoms with E-state index in [1.165, 1.54) is 0 Å². The lowest BCUT2D eigenvalue weighted by atomic mass is 9.54. The summed E-state index contributed by atoms with van der Waals surface area (Å²) in [7, 11) is 0. The van der Waals surface area contributed by atoms with Crippen LogP contribution in [0.1, 0.15) is 34.7 Å². The third kappa shape index (κ3) is 2.79. The second kappa shape index (κ2) is 7.67. The molecule has 0 radical (unpaired) electrons. The molecule has 3 aromatic rings. The lowest BCUT2D eigenvalue weighted by Crippen LogP contribution is -2.57. The minimum Gasteiger partial charge on any atom is -0.324 e. The van der Waals surface area contributed by atoms with Crippen LogP contribution in [0.3, 0.4) is 0 Å². The monoisotopic (exact) mass is 504 g/mol. The molecular formula is C28H22Cl2N2O3. The van der Waals surface area contributed by atoms with Crippen LogP contribution in [0.15, 0.2) is 72.8 Å². The van der Waals surface area contributed by atoms with E-state index in [1.54, 1.807) is 6.07 Å². The van der Waals surface area contributed by atoms with Crippen molar-refractivity contribution in [2.24, 2.45) is 11.8 Å². The van der Waals surface area contributed by atoms with Gasteiger partial charge in [0.1, 0.15) is 16.3 Å². The molecule has 2 atom stereocenters. The Morgan fingerprint density at radius 1 is 0.800 bits per heavy atom. The molecule has 1 heterocycles. The van der Waals surface area contributed by atoms with Gasteiger partial charge in [0.05, 0.1) is 11.8 Å². The molecule has 3 amide bonds. The molecule has 1 N–H and O–H groups in total. The highest BCUT2D eigenvalue weighted by Gasteiger charge is 2.73. The minimum absolute atomic E-state index is 0.394. The molecule has 1 saturated heterocycles. The number of amides is 3. The van der Waals surface area contributed by atoms with Gasteiger partial charge in [-0.05, 0) is 40.3 Å². The molecule has 7 rings (SSSR count). The van der Waals surface area contributed by atoms with Crippen molar-refractivity contribution in [2.75, 3.05) is 11.9 Å². The number of benzene rings is 3. The molecule has 0 unspecified atom stereocenters. The van der Waals surface area contributed by atoms with E-state index >= 15 is 0 Å². The Morgan fingerprint density at radius 3 is 1.69 bits per heavy atom. The predicted molar refractivity (Wildman–Crippen MR) is 134 cm³/mol. The Kier molecular flexibility index (Phi) is 4.89. The van der Waals surface area contributed by atoms with Crippen LogP contribution in [-0.2, 0) is 30.6 Å². The van der Waals surface area contributed by atoms with Crippen molar-refractivity contribution in [3.63, 3.8) is 0 Å². The lowest BCUT2D eigenvalue weighted by Gasteiger charge is -2.54. The number of halogens is 2. The minimum atomic E-state index is -1.25. The van der Waals surface area contributed by atoms with Gasteiger partial charge in [-0.3, -0.25) is 19.3 Å². The summed E-state index contributed by atoms with van der Waals surface area (Å²) >= 11 is 14.8. The number of hydrogen-bond acceptors (Lipinski definition) is 3. The number of nitrogens with zero attached hydrogens (tertiary/aromatic N) is 1. The van der Waals surface area contributed by atoms with E-state index < -0.39 is 45.9 Å². The van der Waals surface area contributed by atoms with E-state index in [0.29, 0.717) is 5.69 Å². The average Bonchev–Trinajstić information content (AvgIpc) is 3.13. The number of imide groups is 1. The van der Waals surface area contributed by atoms with Crippen LogP contribution in [-0.4, -0.2) is 29.2 Å². The van der Waals surface area contributed by atoms with Crippen molar-refractivity contribution in [3.05, 3.63) is 101 Å². The van der Waals surface area contributed by atoms with Gasteiger partial charge >= 0.3 is 0 Å². The van der Waals surface area contributed by atoms with Crippen molar-refractivity contribution in [1.82, 2.24) is 4.90 Å². The summed E-state index contributed by atoms with van der Waals surface area (Å²) in [5.41, 5.74) is 4.58. The van der Waals surface area contributed by atoms with Crippen LogP contribution in [0.5, 0.6) is 0 Å². The Morgan fingerprint density at radius 2 is 1.23 bits per heavy atom. The second-order valence-corrected chi connectivity index (χ2v) is 10.5. The number of hydrogen-bond donors (Lipinski definition) is 1. The van der Waals surface area contributed by atoms with Gasteiger partial charge in [-0.25, -0.2) is 0 Å². The van der Waals surface area contributed by atoms with E-state index in [-0.39, 0.29) is 0 Å². The number of likely N-dealkylation sites (tertiary alicyclic amines) is 1. The zero-order chi connectivity index (χ0) is 24.5. The SMILES string of the molecule is CCc1ccccc1NC(=O)CN1C(=O)[C@@H]2[C@H](C1=O)C1(Cl)c3ccccc3C2(Cl)c2ccccc21. The summed E-state index contributed by atoms with van der Waals surface area (Å²) < 4.78 is 0. The molecule has 0 saturated carbocycles. The molecule has 4 aliphatic rings. The first-order valence-corrected chi connectivity index (χ1v) is 12.4. The normalized spacial score (nSPS) is 27.9. The van der Waals surface area contributed by atoms with Crippen LogP contribution in [0.25, 0.3) is 0 Å². The van der Waals surface area contributed by atoms with Crippen LogP contribution < -0.4 is 5.32 Å². The molecule has 0 spiro atoms. The molecule has 2 bridgehead atoms. The number of carbonyl (C=O) groups is 3. The standard InChI is InChI=1S/C28H22Cl2N2O3/c1-2-16-9-3-8-14-21(16)31-22(33)15-32-25(34)23-24(26(32)35)28(30)18-11-5-4-10-17(18)27(23,29)19-12-6-7-13-20(19)28/h3-14,23-24H,2,15H2,1H3,(H,31,33)/t23-,24+,27?,28?. The number of para-hydroxylation sites is 1. The maximum absolute atomic E-state index is 13.8. The summed E-state index contributed by atoms with van der Waals surface area (Å²) in [6.07, 6.45) is 0.738. The van der Waals surface area contributed by atoms with Crippen LogP contribution in [0.4, 0.5) is 5.69 Å². The number of carbonyl (C=O) groups excluding carboxylic acids is 3. The molecular weight excluding hydrogens is 483 g/mol. The Labute approximate surface area is 213 Å². The van der Waals surface area contributed by atoms with Crippen molar-refractivity contribution in [3.8, 4) is 0 Å². The maximum Gasteiger partial charge on any atom is 0.244 e. The van der Waals surface area contributed by atoms with E-state index in [0.717, 1.165) is 39.1 Å². The van der Waals surface area contributed by atoms with Crippen molar-refractivity contribution in [2.45, 2.75) is 23.1 Å². The fourth-order valence-electron chi connectivity index (χ4n) is 6.16. The smallest absolute Gasteiger partial charge is 0.244 e. The summed E-state index contributed by atoms with van der Waals surface area (Å²) in [6, 6.07) is 22.4. The van der Waals surface area contributed by atoms with Gasteiger partial charge in [0.25, 0.3) is 0 Å². The third-order valence-corrected chi connectivity index (χ3v) is 8.94. The zero-order valence-corrected chi connectivity index (χ0v) is 20.4. The number of anilines is 1. The van der Waals surface area contributed by atoms with Gasteiger partial charge in [0.2, 0.25) is 17.7 Å². The number of alkyl halides is 2. The molecule has 3 aliphatic carbocycles. The number of rotatable bonds is 4. The summed E-state index contributed by atoms with van der Waals surface area (Å²) in [6.45, 7) is 1.60. The predicted octanol–water partition coefficient (Wildman–Crippen LogP) is 4.78. The first-order valence-electron chi connectivity index (χ1n) is 11.6. The highest BCUT2D eigenvalue weighted by Crippen LogP contribution is 2.69. The molecule has 176 valence electrons. The summed E-state index contributed by atoms with van der Waals surface area (Å²) in [5, 5.41) is 2.85. The molecule has 1 aliphatic heterocycles. The number of aryl methyl sites for hydroxylation is 1. The Bertz CT molecular complexity index is 1300. The van der Waals surface area contributed by atoms with Crippen molar-refractivity contribution in [1.29, 1.82) is 0 Å². The summed E-state index contributed by atoms with van der Waals surface area (Å²) in [5.74, 6) is -3.20. The average molecular weight is 505 g/mol. The molecule has 7 heteroatoms. The van der Waals surface area contributed by atoms with E-state index in [1.807, 2.05) is 73.7 Å². The van der Waals surface area contributed by atoms with Gasteiger partial charge in [-0.2, -0.15) is 0 Å². The quantitative estimate of drug-likeness (QED) is 0.410. The van der Waals surface area contributed by atoms with E-state index in [4.69, 9.17) is 23.2 Å². The summed E-state index contributed by atoms with van der Waals surface area (Å²) in [4.78, 5) is 39.1. The van der Waals surface area contributed by atoms with E-state index in [9.17, 15) is 14.4 Å². The molecule has 3 aromatic carbocycles. The van der Waals surface area contributed by atoms with Crippen molar-refractivity contribution >= 4 is 46.6 Å². The fourth-order valence-corrected chi connectivity index (χ4v) is 7.26. The highest BCUT2D eigenvalue weighted by atomic mass is 35.5. The van der Waals surface area contributed by atoms with Crippen LogP contribution in [0.2, 0.25) is 0 Å². The molecule has 1 fully saturated rings.